The molecule has 0 aliphatic rings. The van der Waals surface area contributed by atoms with Gasteiger partial charge >= 0.3 is 0 Å². The normalized spacial score (nSPS) is 14.9. The summed E-state index contributed by atoms with van der Waals surface area (Å²) in [7, 11) is 0. The van der Waals surface area contributed by atoms with E-state index in [9.17, 15) is 9.18 Å². The third kappa shape index (κ3) is 8.42. The van der Waals surface area contributed by atoms with Crippen molar-refractivity contribution < 1.29 is 13.9 Å². The number of hydrogen-bond acceptors (Lipinski definition) is 3. The first-order valence-corrected chi connectivity index (χ1v) is 6.61. The molecule has 1 amide bonds. The van der Waals surface area contributed by atoms with E-state index in [1.54, 1.807) is 20.8 Å². The highest BCUT2D eigenvalue weighted by atomic mass is 19.1. The zero-order valence-electron chi connectivity index (χ0n) is 12.1. The second-order valence-corrected chi connectivity index (χ2v) is 5.10. The molecule has 0 saturated heterocycles. The van der Waals surface area contributed by atoms with Gasteiger partial charge in [-0.1, -0.05) is 27.7 Å². The fourth-order valence-corrected chi connectivity index (χ4v) is 1.27. The van der Waals surface area contributed by atoms with Crippen molar-refractivity contribution in [2.24, 2.45) is 5.92 Å². The fraction of sp³-hybridized carbons (Fsp3) is 0.923. The van der Waals surface area contributed by atoms with Crippen LogP contribution in [0.2, 0.25) is 0 Å². The van der Waals surface area contributed by atoms with Gasteiger partial charge in [0.15, 0.2) is 0 Å². The van der Waals surface area contributed by atoms with Crippen molar-refractivity contribution in [3.63, 3.8) is 0 Å². The lowest BCUT2D eigenvalue weighted by Crippen LogP contribution is -2.39. The summed E-state index contributed by atoms with van der Waals surface area (Å²) in [5.41, 5.74) is 0. The Hall–Kier alpha value is -0.680. The molecular weight excluding hydrogens is 235 g/mol. The maximum atomic E-state index is 13.6. The van der Waals surface area contributed by atoms with Crippen molar-refractivity contribution >= 4 is 5.91 Å². The average Bonchev–Trinajstić information content (AvgIpc) is 2.30. The predicted octanol–water partition coefficient (Wildman–Crippen LogP) is 1.50. The van der Waals surface area contributed by atoms with E-state index in [1.165, 1.54) is 0 Å². The van der Waals surface area contributed by atoms with Gasteiger partial charge in [0, 0.05) is 18.5 Å². The van der Waals surface area contributed by atoms with Gasteiger partial charge in [0.2, 0.25) is 5.91 Å². The number of carbonyl (C=O) groups excluding carboxylic acids is 1. The monoisotopic (exact) mass is 262 g/mol. The number of alkyl halides is 1. The molecule has 0 radical (unpaired) electrons. The van der Waals surface area contributed by atoms with E-state index in [-0.39, 0.29) is 18.4 Å². The predicted molar refractivity (Wildman–Crippen MR) is 71.3 cm³/mol. The fourth-order valence-electron chi connectivity index (χ4n) is 1.27. The number of halogens is 1. The summed E-state index contributed by atoms with van der Waals surface area (Å²) < 4.78 is 19.0. The van der Waals surface area contributed by atoms with E-state index in [0.717, 1.165) is 0 Å². The quantitative estimate of drug-likeness (QED) is 0.619. The molecular formula is C13H27FN2O2. The SMILES string of the molecule is CC(C)NCCOC(C)C(F)CNC(=O)C(C)C. The molecule has 0 aromatic heterocycles. The molecule has 0 aromatic carbocycles. The molecule has 2 N–H and O–H groups in total. The molecule has 0 aromatic rings. The van der Waals surface area contributed by atoms with E-state index >= 15 is 0 Å². The molecule has 0 spiro atoms. The van der Waals surface area contributed by atoms with Gasteiger partial charge in [0.25, 0.3) is 0 Å². The first-order valence-electron chi connectivity index (χ1n) is 6.61. The number of amides is 1. The van der Waals surface area contributed by atoms with Crippen LogP contribution >= 0.6 is 0 Å². The lowest BCUT2D eigenvalue weighted by atomic mass is 10.2. The van der Waals surface area contributed by atoms with Crippen LogP contribution in [0, 0.1) is 5.92 Å². The zero-order chi connectivity index (χ0) is 14.1. The van der Waals surface area contributed by atoms with Gasteiger partial charge in [-0.2, -0.15) is 0 Å². The Morgan fingerprint density at radius 2 is 1.83 bits per heavy atom. The highest BCUT2D eigenvalue weighted by Gasteiger charge is 2.18. The van der Waals surface area contributed by atoms with Crippen LogP contribution in [0.1, 0.15) is 34.6 Å². The molecule has 18 heavy (non-hydrogen) atoms. The Bertz CT molecular complexity index is 235. The Morgan fingerprint density at radius 3 is 2.33 bits per heavy atom. The Kier molecular flexibility index (Phi) is 8.93. The number of rotatable bonds is 9. The van der Waals surface area contributed by atoms with Gasteiger partial charge in [0.05, 0.1) is 19.3 Å². The van der Waals surface area contributed by atoms with Gasteiger partial charge in [-0.25, -0.2) is 4.39 Å². The second-order valence-electron chi connectivity index (χ2n) is 5.10. The first kappa shape index (κ1) is 17.3. The Balaban J connectivity index is 3.69. The largest absolute Gasteiger partial charge is 0.374 e. The second kappa shape index (κ2) is 9.28. The van der Waals surface area contributed by atoms with Crippen LogP contribution in [0.5, 0.6) is 0 Å². The average molecular weight is 262 g/mol. The maximum absolute atomic E-state index is 13.6. The van der Waals surface area contributed by atoms with Crippen molar-refractivity contribution in [2.75, 3.05) is 19.7 Å². The van der Waals surface area contributed by atoms with Crippen LogP contribution < -0.4 is 10.6 Å². The highest BCUT2D eigenvalue weighted by molar-refractivity contribution is 5.77. The standard InChI is InChI=1S/C13H27FN2O2/c1-9(2)13(17)16-8-12(14)11(5)18-7-6-15-10(3)4/h9-12,15H,6-8H2,1-5H3,(H,16,17). The number of hydrogen-bond donors (Lipinski definition) is 2. The van der Waals surface area contributed by atoms with E-state index in [1.807, 2.05) is 13.8 Å². The van der Waals surface area contributed by atoms with Crippen molar-refractivity contribution in [1.82, 2.24) is 10.6 Å². The molecule has 0 aliphatic carbocycles. The summed E-state index contributed by atoms with van der Waals surface area (Å²) in [6, 6.07) is 0.399. The lowest BCUT2D eigenvalue weighted by Gasteiger charge is -2.19. The van der Waals surface area contributed by atoms with Crippen LogP contribution in [0.4, 0.5) is 4.39 Å². The van der Waals surface area contributed by atoms with Gasteiger partial charge in [-0.15, -0.1) is 0 Å². The van der Waals surface area contributed by atoms with Crippen molar-refractivity contribution in [3.05, 3.63) is 0 Å². The van der Waals surface area contributed by atoms with Crippen molar-refractivity contribution in [1.29, 1.82) is 0 Å². The van der Waals surface area contributed by atoms with Crippen LogP contribution in [-0.2, 0) is 9.53 Å². The minimum absolute atomic E-state index is 0.00971. The van der Waals surface area contributed by atoms with E-state index in [2.05, 4.69) is 10.6 Å². The topological polar surface area (TPSA) is 50.4 Å². The molecule has 5 heteroatoms. The van der Waals surface area contributed by atoms with Crippen LogP contribution in [-0.4, -0.2) is 43.9 Å². The molecule has 0 fully saturated rings. The van der Waals surface area contributed by atoms with Crippen LogP contribution in [0.3, 0.4) is 0 Å². The van der Waals surface area contributed by atoms with E-state index < -0.39 is 12.3 Å². The summed E-state index contributed by atoms with van der Waals surface area (Å²) in [6.45, 7) is 10.5. The number of ether oxygens (including phenoxy) is 1. The third-order valence-electron chi connectivity index (χ3n) is 2.54. The minimum Gasteiger partial charge on any atom is -0.374 e. The van der Waals surface area contributed by atoms with Crippen molar-refractivity contribution in [3.8, 4) is 0 Å². The number of nitrogens with one attached hydrogen (secondary N) is 2. The lowest BCUT2D eigenvalue weighted by molar-refractivity contribution is -0.124. The van der Waals surface area contributed by atoms with Crippen LogP contribution in [0.15, 0.2) is 0 Å². The molecule has 108 valence electrons. The number of carbonyl (C=O) groups is 1. The summed E-state index contributed by atoms with van der Waals surface area (Å²) in [6.07, 6.45) is -1.68. The summed E-state index contributed by atoms with van der Waals surface area (Å²) in [4.78, 5) is 11.3. The molecule has 2 atom stereocenters. The molecule has 0 aliphatic heterocycles. The highest BCUT2D eigenvalue weighted by Crippen LogP contribution is 2.03. The van der Waals surface area contributed by atoms with Gasteiger partial charge in [-0.05, 0) is 6.92 Å². The van der Waals surface area contributed by atoms with Gasteiger partial charge < -0.3 is 15.4 Å². The zero-order valence-corrected chi connectivity index (χ0v) is 12.1. The molecule has 4 nitrogen and oxygen atoms in total. The Labute approximate surface area is 110 Å². The minimum atomic E-state index is -1.17. The third-order valence-corrected chi connectivity index (χ3v) is 2.54. The van der Waals surface area contributed by atoms with Gasteiger partial charge in [0.1, 0.15) is 6.17 Å². The molecule has 0 bridgehead atoms. The smallest absolute Gasteiger partial charge is 0.222 e. The molecule has 0 heterocycles. The van der Waals surface area contributed by atoms with Crippen molar-refractivity contribution in [2.45, 2.75) is 52.9 Å². The summed E-state index contributed by atoms with van der Waals surface area (Å²) in [5.74, 6) is -0.255. The molecule has 0 saturated carbocycles. The first-order chi connectivity index (χ1) is 8.34. The Morgan fingerprint density at radius 1 is 1.22 bits per heavy atom. The van der Waals surface area contributed by atoms with E-state index in [0.29, 0.717) is 19.2 Å². The molecule has 2 unspecified atom stereocenters. The summed E-state index contributed by atoms with van der Waals surface area (Å²) >= 11 is 0. The van der Waals surface area contributed by atoms with Gasteiger partial charge in [-0.3, -0.25) is 4.79 Å². The summed E-state index contributed by atoms with van der Waals surface area (Å²) in [5, 5.41) is 5.75. The van der Waals surface area contributed by atoms with E-state index in [4.69, 9.17) is 4.74 Å². The van der Waals surface area contributed by atoms with Crippen LogP contribution in [0.25, 0.3) is 0 Å². The maximum Gasteiger partial charge on any atom is 0.222 e. The molecule has 0 rings (SSSR count).